The van der Waals surface area contributed by atoms with E-state index in [1.54, 1.807) is 20.8 Å². The lowest BCUT2D eigenvalue weighted by molar-refractivity contribution is 0.154. The van der Waals surface area contributed by atoms with Crippen LogP contribution in [-0.2, 0) is 13.6 Å². The highest BCUT2D eigenvalue weighted by Gasteiger charge is 2.28. The van der Waals surface area contributed by atoms with E-state index in [1.807, 2.05) is 0 Å². The summed E-state index contributed by atoms with van der Waals surface area (Å²) >= 11 is 34.8. The summed E-state index contributed by atoms with van der Waals surface area (Å²) in [6.45, 7) is 4.73. The Hall–Kier alpha value is 2.05. The van der Waals surface area contributed by atoms with Crippen LogP contribution in [0.5, 0.6) is 0 Å². The van der Waals surface area contributed by atoms with Gasteiger partial charge in [-0.15, -0.1) is 0 Å². The lowest BCUT2D eigenvalue weighted by atomic mass is 10.5. The number of hydrogen-bond donors (Lipinski definition) is 0. The van der Waals surface area contributed by atoms with Gasteiger partial charge in [0.25, 0.3) is 0 Å². The molecule has 0 heterocycles. The quantitative estimate of drug-likeness (QED) is 0.350. The van der Waals surface area contributed by atoms with Crippen LogP contribution in [0.25, 0.3) is 0 Å². The van der Waals surface area contributed by atoms with E-state index in [-0.39, 0.29) is 19.8 Å². The molecule has 0 aliphatic heterocycles. The Labute approximate surface area is 145 Å². The molecular weight excluding hydrogens is 400 g/mol. The van der Waals surface area contributed by atoms with Gasteiger partial charge >= 0.3 is 8.60 Å². The Morgan fingerprint density at radius 2 is 0.842 bits per heavy atom. The average molecular weight is 415 g/mol. The van der Waals surface area contributed by atoms with Crippen molar-refractivity contribution in [2.45, 2.75) is 33.8 Å². The van der Waals surface area contributed by atoms with Gasteiger partial charge in [0.1, 0.15) is 13.0 Å². The highest BCUT2D eigenvalue weighted by molar-refractivity contribution is 7.41. The smallest absolute Gasteiger partial charge is 0.309 e. The van der Waals surface area contributed by atoms with Crippen LogP contribution >= 0.6 is 78.2 Å². The van der Waals surface area contributed by atoms with Crippen LogP contribution in [0.3, 0.4) is 0 Å². The van der Waals surface area contributed by atoms with E-state index in [2.05, 4.69) is 0 Å². The molecule has 0 rings (SSSR count). The molecule has 0 N–H and O–H groups in total. The topological polar surface area (TPSA) is 27.7 Å². The molecule has 0 saturated carbocycles. The third-order valence-electron chi connectivity index (χ3n) is 1.27. The van der Waals surface area contributed by atoms with Crippen LogP contribution in [-0.4, -0.2) is 32.8 Å². The second kappa shape index (κ2) is 8.62. The van der Waals surface area contributed by atoms with Gasteiger partial charge in [0, 0.05) is 0 Å². The summed E-state index contributed by atoms with van der Waals surface area (Å²) in [6.07, 6.45) is 0. The van der Waals surface area contributed by atoms with Gasteiger partial charge in [-0.05, 0) is 20.8 Å². The van der Waals surface area contributed by atoms with Crippen LogP contribution in [0.2, 0.25) is 0 Å². The molecule has 19 heavy (non-hydrogen) atoms. The first kappa shape index (κ1) is 21.0. The van der Waals surface area contributed by atoms with Crippen LogP contribution in [0, 0.1) is 0 Å². The monoisotopic (exact) mass is 412 g/mol. The largest absolute Gasteiger partial charge is 0.332 e. The van der Waals surface area contributed by atoms with Gasteiger partial charge < -0.3 is 13.6 Å². The van der Waals surface area contributed by atoms with Crippen molar-refractivity contribution in [3.05, 3.63) is 0 Å². The van der Waals surface area contributed by atoms with Crippen LogP contribution in [0.1, 0.15) is 20.8 Å². The highest BCUT2D eigenvalue weighted by atomic mass is 35.5. The van der Waals surface area contributed by atoms with E-state index in [0.717, 1.165) is 0 Å². The lowest BCUT2D eigenvalue weighted by Gasteiger charge is -2.24. The van der Waals surface area contributed by atoms with Crippen molar-refractivity contribution in [3.63, 3.8) is 0 Å². The predicted molar refractivity (Wildman–Crippen MR) is 85.1 cm³/mol. The summed E-state index contributed by atoms with van der Waals surface area (Å²) in [4.78, 5) is 0. The molecule has 0 spiro atoms. The normalized spacial score (nSPS) is 14.2. The molecule has 0 saturated heterocycles. The van der Waals surface area contributed by atoms with E-state index in [1.165, 1.54) is 0 Å². The van der Waals surface area contributed by atoms with Crippen molar-refractivity contribution in [3.8, 4) is 0 Å². The summed E-state index contributed by atoms with van der Waals surface area (Å²) in [5.41, 5.74) is 0. The summed E-state index contributed by atoms with van der Waals surface area (Å²) < 4.78 is 12.8. The molecular formula is C9H15Cl6O3P. The molecule has 0 aliphatic carbocycles. The molecule has 10 heteroatoms. The zero-order valence-electron chi connectivity index (χ0n) is 10.6. The number of halogens is 6. The van der Waals surface area contributed by atoms with E-state index >= 15 is 0 Å². The molecule has 0 radical (unpaired) electrons. The summed E-state index contributed by atoms with van der Waals surface area (Å²) in [6, 6.07) is 0. The van der Waals surface area contributed by atoms with Crippen molar-refractivity contribution < 1.29 is 13.6 Å². The Morgan fingerprint density at radius 3 is 1.00 bits per heavy atom. The zero-order valence-corrected chi connectivity index (χ0v) is 16.0. The minimum atomic E-state index is -1.76. The lowest BCUT2D eigenvalue weighted by Crippen LogP contribution is -2.20. The number of rotatable bonds is 9. The molecule has 0 atom stereocenters. The molecule has 116 valence electrons. The minimum Gasteiger partial charge on any atom is -0.309 e. The first-order valence-electron chi connectivity index (χ1n) is 5.11. The second-order valence-corrected chi connectivity index (χ2v) is 11.1. The van der Waals surface area contributed by atoms with Gasteiger partial charge in [-0.1, -0.05) is 69.6 Å². The average Bonchev–Trinajstić information content (AvgIpc) is 2.11. The van der Waals surface area contributed by atoms with Gasteiger partial charge in [0.2, 0.25) is 0 Å². The summed E-state index contributed by atoms with van der Waals surface area (Å²) in [5, 5.41) is 0. The maximum Gasteiger partial charge on any atom is 0.332 e. The Balaban J connectivity index is 4.30. The summed E-state index contributed by atoms with van der Waals surface area (Å²) in [7, 11) is -1.76. The SMILES string of the molecule is CC(Cl)(Cl)COP(OCC(C)(Cl)Cl)OCC(C)(Cl)Cl. The van der Waals surface area contributed by atoms with Gasteiger partial charge in [-0.2, -0.15) is 0 Å². The highest BCUT2D eigenvalue weighted by Crippen LogP contribution is 2.44. The van der Waals surface area contributed by atoms with E-state index in [0.29, 0.717) is 0 Å². The number of hydrogen-bond acceptors (Lipinski definition) is 3. The van der Waals surface area contributed by atoms with Crippen LogP contribution in [0.4, 0.5) is 0 Å². The third-order valence-corrected chi connectivity index (χ3v) is 2.94. The fourth-order valence-electron chi connectivity index (χ4n) is 0.610. The number of alkyl halides is 6. The Morgan fingerprint density at radius 1 is 0.632 bits per heavy atom. The second-order valence-electron chi connectivity index (χ2n) is 4.25. The molecule has 0 unspecified atom stereocenters. The molecule has 0 aromatic rings. The van der Waals surface area contributed by atoms with Crippen molar-refractivity contribution in [1.82, 2.24) is 0 Å². The van der Waals surface area contributed by atoms with Crippen molar-refractivity contribution >= 4 is 78.2 Å². The van der Waals surface area contributed by atoms with E-state index in [9.17, 15) is 0 Å². The summed E-state index contributed by atoms with van der Waals surface area (Å²) in [5.74, 6) is 0. The standard InChI is InChI=1S/C9H15Cl6O3P/c1-7(10,11)4-16-19(17-5-8(2,12)13)18-6-9(3,14)15/h4-6H2,1-3H3. The van der Waals surface area contributed by atoms with Crippen molar-refractivity contribution in [2.75, 3.05) is 19.8 Å². The molecule has 0 amide bonds. The molecule has 0 aromatic heterocycles. The van der Waals surface area contributed by atoms with Gasteiger partial charge in [-0.25, -0.2) is 0 Å². The fraction of sp³-hybridized carbons (Fsp3) is 1.00. The zero-order chi connectivity index (χ0) is 15.3. The maximum atomic E-state index is 5.79. The first-order chi connectivity index (χ1) is 8.29. The first-order valence-corrected chi connectivity index (χ1v) is 8.47. The third kappa shape index (κ3) is 16.2. The van der Waals surface area contributed by atoms with Gasteiger partial charge in [0.05, 0.1) is 19.8 Å². The predicted octanol–water partition coefficient (Wildman–Crippen LogP) is 5.84. The molecule has 3 nitrogen and oxygen atoms in total. The van der Waals surface area contributed by atoms with Gasteiger partial charge in [0.15, 0.2) is 0 Å². The van der Waals surface area contributed by atoms with E-state index < -0.39 is 21.6 Å². The minimum absolute atomic E-state index is 0.00435. The molecule has 0 aromatic carbocycles. The van der Waals surface area contributed by atoms with Crippen molar-refractivity contribution in [2.24, 2.45) is 0 Å². The van der Waals surface area contributed by atoms with Crippen molar-refractivity contribution in [1.29, 1.82) is 0 Å². The van der Waals surface area contributed by atoms with E-state index in [4.69, 9.17) is 83.2 Å². The Bertz CT molecular complexity index is 217. The molecule has 0 fully saturated rings. The molecule has 0 bridgehead atoms. The van der Waals surface area contributed by atoms with Crippen LogP contribution < -0.4 is 0 Å². The maximum absolute atomic E-state index is 5.79. The Kier molecular flexibility index (Phi) is 9.55. The fourth-order valence-corrected chi connectivity index (χ4v) is 2.71. The molecule has 0 aliphatic rings. The van der Waals surface area contributed by atoms with Gasteiger partial charge in [-0.3, -0.25) is 0 Å². The van der Waals surface area contributed by atoms with Crippen LogP contribution in [0.15, 0.2) is 0 Å².